The Labute approximate surface area is 265 Å². The molecule has 0 aliphatic carbocycles. The Bertz CT molecular complexity index is 2060. The van der Waals surface area contributed by atoms with Crippen molar-refractivity contribution in [1.29, 1.82) is 0 Å². The maximum Gasteiger partial charge on any atom is 0.289 e. The van der Waals surface area contributed by atoms with Crippen LogP contribution in [0.5, 0.6) is 0 Å². The highest BCUT2D eigenvalue weighted by Gasteiger charge is 2.37. The summed E-state index contributed by atoms with van der Waals surface area (Å²) in [6, 6.07) is 16.1. The van der Waals surface area contributed by atoms with Gasteiger partial charge in [0.25, 0.3) is 26.0 Å². The first kappa shape index (κ1) is 31.3. The Kier molecular flexibility index (Phi) is 8.07. The number of fused-ring (bicyclic) bond motifs is 2. The van der Waals surface area contributed by atoms with Gasteiger partial charge in [0.15, 0.2) is 10.8 Å². The number of hydrogen-bond acceptors (Lipinski definition) is 7. The molecule has 4 aromatic rings. The fourth-order valence-corrected chi connectivity index (χ4v) is 9.62. The van der Waals surface area contributed by atoms with Crippen molar-refractivity contribution in [3.05, 3.63) is 83.3 Å². The highest BCUT2D eigenvalue weighted by molar-refractivity contribution is 7.92. The molecule has 1 fully saturated rings. The van der Waals surface area contributed by atoms with Crippen LogP contribution >= 0.6 is 0 Å². The number of sulfonamides is 1. The molecule has 2 aliphatic heterocycles. The number of rotatable bonds is 5. The van der Waals surface area contributed by atoms with E-state index < -0.39 is 28.1 Å². The molecular weight excluding hydrogens is 629 g/mol. The predicted octanol–water partition coefficient (Wildman–Crippen LogP) is 3.83. The van der Waals surface area contributed by atoms with Gasteiger partial charge in [-0.25, -0.2) is 20.8 Å². The number of carbonyl (C=O) groups excluding carboxylic acids is 1. The van der Waals surface area contributed by atoms with Crippen molar-refractivity contribution in [2.75, 3.05) is 39.8 Å². The van der Waals surface area contributed by atoms with E-state index in [9.17, 15) is 21.6 Å². The van der Waals surface area contributed by atoms with Gasteiger partial charge in [-0.15, -0.1) is 5.54 Å². The van der Waals surface area contributed by atoms with Crippen LogP contribution in [-0.4, -0.2) is 88.7 Å². The third-order valence-electron chi connectivity index (χ3n) is 8.00. The molecule has 0 spiro atoms. The van der Waals surface area contributed by atoms with Gasteiger partial charge in [0.1, 0.15) is 13.8 Å². The lowest BCUT2D eigenvalue weighted by atomic mass is 10.1. The van der Waals surface area contributed by atoms with Crippen molar-refractivity contribution in [3.8, 4) is 11.5 Å². The highest BCUT2D eigenvalue weighted by Crippen LogP contribution is 2.32. The summed E-state index contributed by atoms with van der Waals surface area (Å²) in [6.45, 7) is 8.22. The average Bonchev–Trinajstić information content (AvgIpc) is 3.62. The summed E-state index contributed by atoms with van der Waals surface area (Å²) < 4.78 is 64.4. The molecule has 0 saturated carbocycles. The van der Waals surface area contributed by atoms with Crippen LogP contribution in [0.4, 0.5) is 0 Å². The van der Waals surface area contributed by atoms with Gasteiger partial charge in [-0.05, 0) is 61.5 Å². The van der Waals surface area contributed by atoms with E-state index in [-0.39, 0.29) is 53.3 Å². The number of nitrogens with zero attached hydrogens (tertiary/aromatic N) is 4. The van der Waals surface area contributed by atoms with Crippen molar-refractivity contribution in [1.82, 2.24) is 18.1 Å². The molecule has 13 heteroatoms. The fraction of sp³-hybridized carbons (Fsp3) is 0.344. The van der Waals surface area contributed by atoms with Gasteiger partial charge in [-0.1, -0.05) is 43.8 Å². The predicted molar refractivity (Wildman–Crippen MR) is 175 cm³/mol. The summed E-state index contributed by atoms with van der Waals surface area (Å²) in [6.07, 6.45) is 0.806. The zero-order chi connectivity index (χ0) is 32.1. The molecule has 0 unspecified atom stereocenters. The minimum atomic E-state index is -4.30. The Balaban J connectivity index is 1.33. The summed E-state index contributed by atoms with van der Waals surface area (Å²) in [5, 5.41) is 0.107. The van der Waals surface area contributed by atoms with Crippen molar-refractivity contribution in [3.63, 3.8) is 0 Å². The monoisotopic (exact) mass is 664 g/mol. The van der Waals surface area contributed by atoms with Crippen molar-refractivity contribution in [2.24, 2.45) is 0 Å². The lowest BCUT2D eigenvalue weighted by molar-refractivity contribution is 0.0662. The van der Waals surface area contributed by atoms with Crippen LogP contribution in [0, 0.1) is 11.5 Å². The maximum atomic E-state index is 14.2. The van der Waals surface area contributed by atoms with Gasteiger partial charge in [-0.2, -0.15) is 4.31 Å². The van der Waals surface area contributed by atoms with Crippen LogP contribution < -0.4 is 0 Å². The van der Waals surface area contributed by atoms with E-state index in [0.29, 0.717) is 17.5 Å². The smallest absolute Gasteiger partial charge is 0.289 e. The van der Waals surface area contributed by atoms with Crippen molar-refractivity contribution in [2.45, 2.75) is 42.5 Å². The Morgan fingerprint density at radius 2 is 1.58 bits per heavy atom. The van der Waals surface area contributed by atoms with Gasteiger partial charge in [-0.3, -0.25) is 9.69 Å². The molecule has 10 nitrogen and oxygen atoms in total. The normalized spacial score (nSPS) is 16.8. The Morgan fingerprint density at radius 3 is 2.27 bits per heavy atom. The third kappa shape index (κ3) is 6.13. The number of piperazine rings is 1. The molecule has 0 N–H and O–H groups in total. The van der Waals surface area contributed by atoms with Crippen LogP contribution in [0.1, 0.15) is 27.4 Å². The number of amides is 1. The summed E-state index contributed by atoms with van der Waals surface area (Å²) in [5.74, 6) is 3.94. The van der Waals surface area contributed by atoms with E-state index in [4.69, 9.17) is 4.42 Å². The molecular formula is C32H36N4O6S2Si. The van der Waals surface area contributed by atoms with E-state index in [1.54, 1.807) is 47.4 Å². The Hall–Kier alpha value is -3.67. The minimum absolute atomic E-state index is 0.0110. The SMILES string of the molecule is CN1CCc2cc(C(=O)N3CCN(S(=O)(=O)c4cc5cc(C#C[Si](C)(C)C)ccc5n4S(=O)(=O)c4ccccc4)CC3)oc2C1. The quantitative estimate of drug-likeness (QED) is 0.236. The highest BCUT2D eigenvalue weighted by atomic mass is 32.2. The van der Waals surface area contributed by atoms with Gasteiger partial charge in [0, 0.05) is 43.7 Å². The fourth-order valence-electron chi connectivity index (χ4n) is 5.60. The molecule has 1 saturated heterocycles. The van der Waals surface area contributed by atoms with Crippen molar-refractivity contribution < 1.29 is 26.0 Å². The second-order valence-corrected chi connectivity index (χ2v) is 21.0. The van der Waals surface area contributed by atoms with Crippen LogP contribution in [-0.2, 0) is 33.0 Å². The molecule has 2 aliphatic rings. The van der Waals surface area contributed by atoms with Crippen LogP contribution in [0.15, 0.2) is 75.0 Å². The third-order valence-corrected chi connectivity index (χ3v) is 12.6. The number of likely N-dealkylation sites (N-methyl/N-ethyl adjacent to an activating group) is 1. The molecule has 0 radical (unpaired) electrons. The molecule has 2 aromatic carbocycles. The van der Waals surface area contributed by atoms with E-state index in [2.05, 4.69) is 36.0 Å². The number of furan rings is 1. The largest absolute Gasteiger partial charge is 0.454 e. The summed E-state index contributed by atoms with van der Waals surface area (Å²) in [4.78, 5) is 17.0. The lowest BCUT2D eigenvalue weighted by Gasteiger charge is -2.33. The first-order valence-electron chi connectivity index (χ1n) is 14.8. The minimum Gasteiger partial charge on any atom is -0.454 e. The van der Waals surface area contributed by atoms with E-state index in [1.165, 1.54) is 22.5 Å². The molecule has 0 bridgehead atoms. The Morgan fingerprint density at radius 1 is 0.867 bits per heavy atom. The molecule has 6 rings (SSSR count). The summed E-state index contributed by atoms with van der Waals surface area (Å²) >= 11 is 0. The van der Waals surface area contributed by atoms with Crippen LogP contribution in [0.2, 0.25) is 19.6 Å². The lowest BCUT2D eigenvalue weighted by Crippen LogP contribution is -2.50. The number of carbonyl (C=O) groups is 1. The topological polar surface area (TPSA) is 113 Å². The van der Waals surface area contributed by atoms with Gasteiger partial charge in [0.2, 0.25) is 0 Å². The molecule has 4 heterocycles. The average molecular weight is 665 g/mol. The van der Waals surface area contributed by atoms with Crippen molar-refractivity contribution >= 4 is 44.9 Å². The number of benzene rings is 2. The maximum absolute atomic E-state index is 14.2. The van der Waals surface area contributed by atoms with Crippen LogP contribution in [0.3, 0.4) is 0 Å². The van der Waals surface area contributed by atoms with Gasteiger partial charge >= 0.3 is 0 Å². The van der Waals surface area contributed by atoms with Gasteiger partial charge < -0.3 is 9.32 Å². The zero-order valence-electron chi connectivity index (χ0n) is 25.8. The standard InChI is InChI=1S/C32H36N4O6S2Si/c1-33-14-12-25-21-29(42-30(25)23-33)32(37)34-15-17-35(18-16-34)44(40,41)31-22-26-20-24(13-19-45(2,3)4)10-11-28(26)36(31)43(38,39)27-8-6-5-7-9-27/h5-11,20-22H,12,14-18,23H2,1-4H3. The second kappa shape index (κ2) is 11.6. The van der Waals surface area contributed by atoms with Gasteiger partial charge in [0.05, 0.1) is 17.0 Å². The van der Waals surface area contributed by atoms with E-state index in [1.807, 2.05) is 7.05 Å². The van der Waals surface area contributed by atoms with E-state index in [0.717, 1.165) is 28.3 Å². The molecule has 2 aromatic heterocycles. The zero-order valence-corrected chi connectivity index (χ0v) is 28.4. The molecule has 45 heavy (non-hydrogen) atoms. The molecule has 0 atom stereocenters. The second-order valence-electron chi connectivity index (χ2n) is 12.6. The van der Waals surface area contributed by atoms with E-state index >= 15 is 0 Å². The number of aromatic nitrogens is 1. The summed E-state index contributed by atoms with van der Waals surface area (Å²) in [5.41, 5.74) is 5.26. The molecule has 1 amide bonds. The first-order chi connectivity index (χ1) is 21.2. The molecule has 236 valence electrons. The number of hydrogen-bond donors (Lipinski definition) is 0. The van der Waals surface area contributed by atoms with Crippen LogP contribution in [0.25, 0.3) is 10.9 Å². The summed E-state index contributed by atoms with van der Waals surface area (Å²) in [7, 11) is -8.27. The first-order valence-corrected chi connectivity index (χ1v) is 21.2.